The second-order valence-corrected chi connectivity index (χ2v) is 19.5. The third-order valence-electron chi connectivity index (χ3n) is 12.6. The van der Waals surface area contributed by atoms with Crippen molar-refractivity contribution in [3.05, 3.63) is 198 Å². The molecular weight excluding hydrogens is 841 g/mol. The number of pyridine rings is 1. The average molecular weight is 927 g/mol. The average Bonchev–Trinajstić information content (AvgIpc) is 1.07. The predicted molar refractivity (Wildman–Crippen MR) is 286 cm³/mol. The first-order chi connectivity index (χ1) is 42.8. The van der Waals surface area contributed by atoms with Crippen molar-refractivity contribution in [1.29, 1.82) is 0 Å². The fourth-order valence-electron chi connectivity index (χ4n) is 9.00. The minimum absolute atomic E-state index is 0.182. The number of nitrogens with zero attached hydrogens (tertiary/aromatic N) is 4. The summed E-state index contributed by atoms with van der Waals surface area (Å²) in [6.45, 7) is -5.86. The maximum atomic E-state index is 10.4. The lowest BCUT2D eigenvalue weighted by molar-refractivity contribution is -0.571. The SMILES string of the molecule is [2H]c1c([2H])c([2H])c(-c2cc(C(C)(C)C)cc(-c3c([2H])c([2H])c4c(c3[2H])C(C([2H])([2H])[2H])(C([2H])([2H])[2H])C([2H])([2H])C([2H])([2H])C4(C([2H])([2H])[2H])C([2H])([2H])[2H])c2-[n+]2[c-]n(-c3cccc(Oc4ccc5c6ccccc6n(-c6cc(C(C)(C)C)ccn6)c5c4)c3)c3ccccc32)c([2H])c1[2H]. The van der Waals surface area contributed by atoms with E-state index in [4.69, 9.17) is 30.3 Å². The lowest BCUT2D eigenvalue weighted by Gasteiger charge is -2.42. The number of imidazole rings is 1. The Morgan fingerprint density at radius 3 is 2.07 bits per heavy atom. The van der Waals surface area contributed by atoms with Crippen molar-refractivity contribution >= 4 is 32.8 Å². The number of rotatable bonds is 7. The Bertz CT molecular complexity index is 4690. The molecule has 0 saturated carbocycles. The van der Waals surface area contributed by atoms with Crippen molar-refractivity contribution in [2.24, 2.45) is 0 Å². The highest BCUT2D eigenvalue weighted by Crippen LogP contribution is 2.48. The van der Waals surface area contributed by atoms with E-state index in [1.807, 2.05) is 48.5 Å². The van der Waals surface area contributed by atoms with Crippen molar-refractivity contribution in [2.75, 3.05) is 0 Å². The zero-order chi connectivity index (χ0) is 68.6. The first-order valence-electron chi connectivity index (χ1n) is 34.5. The van der Waals surface area contributed by atoms with Crippen molar-refractivity contribution < 1.29 is 42.2 Å². The largest absolute Gasteiger partial charge is 0.458 e. The molecule has 0 fully saturated rings. The number of fused-ring (bicyclic) bond motifs is 5. The molecule has 0 saturated heterocycles. The van der Waals surface area contributed by atoms with Gasteiger partial charge in [-0.15, -0.1) is 0 Å². The molecule has 5 heteroatoms. The van der Waals surface area contributed by atoms with Crippen LogP contribution in [-0.2, 0) is 21.7 Å². The minimum atomic E-state index is -4.62. The van der Waals surface area contributed by atoms with Gasteiger partial charge in [0.2, 0.25) is 0 Å². The van der Waals surface area contributed by atoms with E-state index in [0.717, 1.165) is 27.4 Å². The van der Waals surface area contributed by atoms with Crippen molar-refractivity contribution in [1.82, 2.24) is 14.1 Å². The van der Waals surface area contributed by atoms with Gasteiger partial charge in [0.25, 0.3) is 6.33 Å². The predicted octanol–water partition coefficient (Wildman–Crippen LogP) is 16.3. The maximum Gasteiger partial charge on any atom is 0.269 e. The van der Waals surface area contributed by atoms with Crippen molar-refractivity contribution in [2.45, 2.75) is 103 Å². The van der Waals surface area contributed by atoms with E-state index < -0.39 is 133 Å². The van der Waals surface area contributed by atoms with Crippen LogP contribution in [0.1, 0.15) is 137 Å². The van der Waals surface area contributed by atoms with Gasteiger partial charge in [0.05, 0.1) is 44.4 Å². The van der Waals surface area contributed by atoms with Gasteiger partial charge in [0, 0.05) is 45.0 Å². The van der Waals surface area contributed by atoms with Gasteiger partial charge >= 0.3 is 0 Å². The van der Waals surface area contributed by atoms with Crippen LogP contribution in [-0.4, -0.2) is 14.1 Å². The summed E-state index contributed by atoms with van der Waals surface area (Å²) in [7, 11) is 0. The number of hydrogen-bond donors (Lipinski definition) is 0. The molecule has 1 aliphatic rings. The van der Waals surface area contributed by atoms with Crippen LogP contribution in [0.3, 0.4) is 0 Å². The number of ether oxygens (including phenoxy) is 1. The second-order valence-electron chi connectivity index (χ2n) is 19.5. The topological polar surface area (TPSA) is 35.9 Å². The Kier molecular flexibility index (Phi) is 5.84. The van der Waals surface area contributed by atoms with Gasteiger partial charge in [-0.2, -0.15) is 0 Å². The molecule has 0 N–H and O–H groups in total. The molecule has 344 valence electrons. The molecule has 3 aromatic heterocycles. The standard InChI is InChI=1S/C64H62N4O/c1-61(2,3)44-31-34-65-59(38-44)68-55-24-15-14-23-49(55)50-29-28-48(40-58(50)68)69-47-22-18-21-46(39-47)66-41-67(57-26-17-16-25-56(57)66)60-51(42-19-12-11-13-20-42)36-45(62(4,5)6)37-52(60)43-27-30-53-54(35-43)64(9,10)33-32-63(53,7)8/h11-31,34-40H,32-33H2,1-10H3/i7D3,8D3,9D3,10D3,11D,12D,13D,19D,20D,27D,30D,32D2,33D2,35D. The highest BCUT2D eigenvalue weighted by molar-refractivity contribution is 6.09. The summed E-state index contributed by atoms with van der Waals surface area (Å²) in [6.07, 6.45) is -4.12. The van der Waals surface area contributed by atoms with Crippen LogP contribution in [0.15, 0.2) is 170 Å². The Morgan fingerprint density at radius 2 is 1.32 bits per heavy atom. The van der Waals surface area contributed by atoms with Gasteiger partial charge in [-0.3, -0.25) is 13.7 Å². The second kappa shape index (κ2) is 16.2. The quantitative estimate of drug-likeness (QED) is 0.118. The van der Waals surface area contributed by atoms with Crippen LogP contribution in [0, 0.1) is 6.33 Å². The first kappa shape index (κ1) is 24.9. The van der Waals surface area contributed by atoms with Crippen LogP contribution in [0.25, 0.3) is 72.3 Å². The van der Waals surface area contributed by atoms with Crippen LogP contribution in [0.2, 0.25) is 0 Å². The van der Waals surface area contributed by atoms with Crippen LogP contribution < -0.4 is 9.30 Å². The molecule has 0 aliphatic heterocycles. The molecule has 69 heavy (non-hydrogen) atoms. The fourth-order valence-corrected chi connectivity index (χ4v) is 9.00. The van der Waals surface area contributed by atoms with Crippen molar-refractivity contribution in [3.8, 4) is 50.9 Å². The third kappa shape index (κ3) is 7.82. The Labute approximate surface area is 441 Å². The zero-order valence-corrected chi connectivity index (χ0v) is 38.7. The number of hydrogen-bond acceptors (Lipinski definition) is 2. The van der Waals surface area contributed by atoms with Crippen molar-refractivity contribution in [3.63, 3.8) is 0 Å². The van der Waals surface area contributed by atoms with Gasteiger partial charge in [-0.1, -0.05) is 178 Å². The van der Waals surface area contributed by atoms with E-state index in [2.05, 4.69) is 37.7 Å². The molecule has 0 radical (unpaired) electrons. The van der Waals surface area contributed by atoms with E-state index in [0.29, 0.717) is 28.5 Å². The summed E-state index contributed by atoms with van der Waals surface area (Å²) in [4.78, 5) is 4.81. The molecule has 7 aromatic carbocycles. The summed E-state index contributed by atoms with van der Waals surface area (Å²) >= 11 is 0. The lowest BCUT2D eigenvalue weighted by atomic mass is 9.63. The maximum absolute atomic E-state index is 10.4. The minimum Gasteiger partial charge on any atom is -0.458 e. The van der Waals surface area contributed by atoms with Gasteiger partial charge < -0.3 is 4.74 Å². The third-order valence-corrected chi connectivity index (χ3v) is 12.6. The first-order valence-corrected chi connectivity index (χ1v) is 22.5. The molecule has 5 nitrogen and oxygen atoms in total. The number of aromatic nitrogens is 4. The number of benzene rings is 7. The van der Waals surface area contributed by atoms with Crippen LogP contribution >= 0.6 is 0 Å². The van der Waals surface area contributed by atoms with E-state index in [9.17, 15) is 12.3 Å². The lowest BCUT2D eigenvalue weighted by Crippen LogP contribution is -2.34. The summed E-state index contributed by atoms with van der Waals surface area (Å²) in [6, 6.07) is 25.7. The molecule has 0 unspecified atom stereocenters. The molecular formula is C64H62N4O. The van der Waals surface area contributed by atoms with E-state index in [1.54, 1.807) is 80.1 Å². The van der Waals surface area contributed by atoms with Gasteiger partial charge in [0.15, 0.2) is 0 Å². The molecule has 3 heterocycles. The smallest absolute Gasteiger partial charge is 0.269 e. The Morgan fingerprint density at radius 1 is 0.638 bits per heavy atom. The fraction of sp³-hybridized carbons (Fsp3) is 0.250. The van der Waals surface area contributed by atoms with E-state index in [-0.39, 0.29) is 27.7 Å². The molecule has 0 amide bonds. The van der Waals surface area contributed by atoms with E-state index in [1.165, 1.54) is 16.7 Å². The normalized spacial score (nSPS) is 21.9. The summed E-state index contributed by atoms with van der Waals surface area (Å²) < 4.78 is 232. The molecule has 1 aliphatic carbocycles. The molecule has 0 atom stereocenters. The molecule has 0 bridgehead atoms. The monoisotopic (exact) mass is 927 g/mol. The zero-order valence-electron chi connectivity index (χ0n) is 62.7. The molecule has 11 rings (SSSR count). The van der Waals surface area contributed by atoms with Crippen LogP contribution in [0.4, 0.5) is 0 Å². The highest BCUT2D eigenvalue weighted by Gasteiger charge is 2.37. The van der Waals surface area contributed by atoms with Crippen LogP contribution in [0.5, 0.6) is 11.5 Å². The van der Waals surface area contributed by atoms with Gasteiger partial charge in [-0.25, -0.2) is 4.98 Å². The highest BCUT2D eigenvalue weighted by atomic mass is 16.5. The Hall–Kier alpha value is -7.24. The number of para-hydroxylation sites is 3. The molecule has 0 spiro atoms. The van der Waals surface area contributed by atoms with Gasteiger partial charge in [-0.05, 0) is 127 Å². The Balaban J connectivity index is 1.24. The van der Waals surface area contributed by atoms with E-state index >= 15 is 0 Å². The summed E-state index contributed by atoms with van der Waals surface area (Å²) in [5, 5.41) is 1.92. The summed E-state index contributed by atoms with van der Waals surface area (Å²) in [5.74, 6) is 1.46. The summed E-state index contributed by atoms with van der Waals surface area (Å²) in [5.41, 5.74) is -11.9. The van der Waals surface area contributed by atoms with Gasteiger partial charge in [0.1, 0.15) is 17.3 Å². The molecule has 10 aromatic rings.